The van der Waals surface area contributed by atoms with E-state index < -0.39 is 28.9 Å². The Bertz CT molecular complexity index is 2370. The maximum Gasteiger partial charge on any atom is 0.346 e. The van der Waals surface area contributed by atoms with Crippen LogP contribution < -0.4 is 15.4 Å². The number of anilines is 2. The summed E-state index contributed by atoms with van der Waals surface area (Å²) in [6.45, 7) is 2.55. The number of nitrogens with two attached hydrogens (primary N) is 1. The van der Waals surface area contributed by atoms with Crippen LogP contribution in [0.5, 0.6) is 6.01 Å². The van der Waals surface area contributed by atoms with Gasteiger partial charge in [0.15, 0.2) is 5.82 Å². The molecule has 0 aliphatic carbocycles. The molecule has 1 spiro atoms. The third-order valence-corrected chi connectivity index (χ3v) is 12.7. The molecule has 0 unspecified atom stereocenters. The molecule has 0 saturated carbocycles. The lowest BCUT2D eigenvalue weighted by Crippen LogP contribution is -2.64. The molecule has 5 aromatic rings. The van der Waals surface area contributed by atoms with Gasteiger partial charge >= 0.3 is 12.0 Å². The highest BCUT2D eigenvalue weighted by Crippen LogP contribution is 2.48. The van der Waals surface area contributed by atoms with Crippen molar-refractivity contribution in [3.8, 4) is 23.2 Å². The molecule has 7 heterocycles. The van der Waals surface area contributed by atoms with E-state index >= 15 is 4.39 Å². The van der Waals surface area contributed by atoms with Gasteiger partial charge in [-0.2, -0.15) is 19.9 Å². The number of carbonyl (C=O) groups excluding carboxylic acids is 1. The number of amides is 1. The van der Waals surface area contributed by atoms with Crippen LogP contribution in [0.3, 0.4) is 0 Å². The Kier molecular flexibility index (Phi) is 7.74. The van der Waals surface area contributed by atoms with Crippen LogP contribution in [0.2, 0.25) is 10.3 Å². The molecule has 2 N–H and O–H groups in total. The van der Waals surface area contributed by atoms with E-state index in [1.54, 1.807) is 11.0 Å². The zero-order valence-corrected chi connectivity index (χ0v) is 29.7. The molecule has 268 valence electrons. The molecule has 3 aromatic heterocycles. The summed E-state index contributed by atoms with van der Waals surface area (Å²) in [5.74, 6) is -1.07. The Labute approximate surface area is 308 Å². The van der Waals surface area contributed by atoms with Crippen LogP contribution in [-0.2, 0) is 0 Å². The van der Waals surface area contributed by atoms with Crippen molar-refractivity contribution in [2.45, 2.75) is 49.4 Å². The molecule has 12 nitrogen and oxygen atoms in total. The van der Waals surface area contributed by atoms with Gasteiger partial charge in [-0.3, -0.25) is 4.90 Å². The predicted octanol–water partition coefficient (Wildman–Crippen LogP) is 6.42. The number of carbonyl (C=O) groups is 1. The average Bonchev–Trinajstić information content (AvgIpc) is 3.93. The molecule has 0 radical (unpaired) electrons. The number of fused-ring (bicyclic) bond motifs is 3. The normalized spacial score (nSPS) is 24.3. The van der Waals surface area contributed by atoms with Crippen LogP contribution in [-0.4, -0.2) is 97.1 Å². The van der Waals surface area contributed by atoms with E-state index in [1.165, 1.54) is 18.5 Å². The van der Waals surface area contributed by atoms with E-state index in [-0.39, 0.29) is 66.2 Å². The van der Waals surface area contributed by atoms with Crippen molar-refractivity contribution >= 4 is 72.4 Å². The van der Waals surface area contributed by atoms with Crippen LogP contribution >= 0.6 is 34.5 Å². The highest BCUT2D eigenvalue weighted by atomic mass is 35.5. The van der Waals surface area contributed by atoms with Crippen LogP contribution in [0.1, 0.15) is 37.7 Å². The standard InChI is InChI=1S/C34H29Cl2F3N10O2S/c35-21-10-19-26(25(39)24(21)18-2-3-22(38)27-23(18)20(12-40)28(41)52-27)43-31(51-15-34-4-1-7-47(34)13-17(37)11-34)44-29(19)46-8-5-33(14-46)6-9-48(33)32(50)49-16-42-30(36)45-49/h2-3,10,16-17H,1,4-9,11,13-15,41H2/t17-,33-,34+/m1/s1. The second-order valence-corrected chi connectivity index (χ2v) is 15.7. The van der Waals surface area contributed by atoms with Crippen molar-refractivity contribution in [1.29, 1.82) is 5.26 Å². The third-order valence-electron chi connectivity index (χ3n) is 11.2. The van der Waals surface area contributed by atoms with E-state index in [0.717, 1.165) is 41.8 Å². The highest BCUT2D eigenvalue weighted by Gasteiger charge is 2.53. The van der Waals surface area contributed by atoms with Gasteiger partial charge in [0.25, 0.3) is 0 Å². The van der Waals surface area contributed by atoms with Gasteiger partial charge in [0.1, 0.15) is 47.3 Å². The summed E-state index contributed by atoms with van der Waals surface area (Å²) in [5, 5.41) is 14.4. The Morgan fingerprint density at radius 3 is 2.75 bits per heavy atom. The van der Waals surface area contributed by atoms with Crippen molar-refractivity contribution in [1.82, 2.24) is 34.5 Å². The number of likely N-dealkylation sites (tertiary alicyclic amines) is 1. The lowest BCUT2D eigenvalue weighted by atomic mass is 9.84. The molecule has 4 fully saturated rings. The fourth-order valence-corrected chi connectivity index (χ4v) is 10.00. The van der Waals surface area contributed by atoms with E-state index in [1.807, 2.05) is 11.0 Å². The molecule has 0 bridgehead atoms. The first-order chi connectivity index (χ1) is 25.0. The number of nitriles is 1. The quantitative estimate of drug-likeness (QED) is 0.213. The average molecular weight is 770 g/mol. The number of thiophene rings is 1. The van der Waals surface area contributed by atoms with E-state index in [9.17, 15) is 18.8 Å². The number of benzene rings is 2. The number of hydrogen-bond acceptors (Lipinski definition) is 11. The van der Waals surface area contributed by atoms with Gasteiger partial charge in [0.05, 0.1) is 26.4 Å². The Morgan fingerprint density at radius 2 is 2.00 bits per heavy atom. The molecule has 3 atom stereocenters. The maximum absolute atomic E-state index is 17.1. The van der Waals surface area contributed by atoms with Gasteiger partial charge in [-0.1, -0.05) is 17.7 Å². The van der Waals surface area contributed by atoms with Crippen LogP contribution in [0.15, 0.2) is 24.5 Å². The van der Waals surface area contributed by atoms with Crippen molar-refractivity contribution in [2.75, 3.05) is 50.0 Å². The molecule has 4 aliphatic heterocycles. The molecular weight excluding hydrogens is 740 g/mol. The van der Waals surface area contributed by atoms with Crippen LogP contribution in [0.4, 0.5) is 28.8 Å². The molecule has 4 saturated heterocycles. The van der Waals surface area contributed by atoms with Gasteiger partial charge < -0.3 is 20.3 Å². The van der Waals surface area contributed by atoms with Gasteiger partial charge in [0.2, 0.25) is 5.28 Å². The van der Waals surface area contributed by atoms with Crippen molar-refractivity contribution in [2.24, 2.45) is 0 Å². The monoisotopic (exact) mass is 768 g/mol. The number of ether oxygens (including phenoxy) is 1. The first kappa shape index (κ1) is 33.4. The smallest absolute Gasteiger partial charge is 0.346 e. The molecule has 4 aliphatic rings. The van der Waals surface area contributed by atoms with Crippen LogP contribution in [0.25, 0.3) is 32.1 Å². The van der Waals surface area contributed by atoms with Crippen molar-refractivity contribution in [3.63, 3.8) is 0 Å². The Hall–Kier alpha value is -4.43. The molecule has 9 rings (SSSR count). The van der Waals surface area contributed by atoms with Crippen molar-refractivity contribution in [3.05, 3.63) is 52.0 Å². The highest BCUT2D eigenvalue weighted by molar-refractivity contribution is 7.23. The number of alkyl halides is 1. The summed E-state index contributed by atoms with van der Waals surface area (Å²) >= 11 is 13.7. The molecule has 18 heteroatoms. The number of nitrogen functional groups attached to an aromatic ring is 1. The SMILES string of the molecule is N#Cc1c(N)sc2c(F)ccc(-c3c(Cl)cc4c(N5CC[C@@]6(CCN6C(=O)n6cnc(Cl)n6)C5)nc(OC[C@@]56CCCN5C[C@H](F)C6)nc4c3F)c12. The van der Waals surface area contributed by atoms with E-state index in [4.69, 9.17) is 38.7 Å². The zero-order valence-electron chi connectivity index (χ0n) is 27.4. The molecule has 2 aromatic carbocycles. The minimum atomic E-state index is -0.974. The van der Waals surface area contributed by atoms with Gasteiger partial charge in [-0.15, -0.1) is 16.4 Å². The summed E-state index contributed by atoms with van der Waals surface area (Å²) < 4.78 is 54.2. The third kappa shape index (κ3) is 5.00. The fourth-order valence-electron chi connectivity index (χ4n) is 8.63. The van der Waals surface area contributed by atoms with Crippen molar-refractivity contribution < 1.29 is 22.7 Å². The number of halogens is 5. The van der Waals surface area contributed by atoms with Gasteiger partial charge in [-0.25, -0.2) is 22.9 Å². The topological polar surface area (TPSA) is 142 Å². The molecule has 52 heavy (non-hydrogen) atoms. The number of rotatable bonds is 5. The largest absolute Gasteiger partial charge is 0.461 e. The summed E-state index contributed by atoms with van der Waals surface area (Å²) in [6.07, 6.45) is 3.60. The minimum absolute atomic E-state index is 0.0112. The number of aromatic nitrogens is 5. The van der Waals surface area contributed by atoms with E-state index in [0.29, 0.717) is 50.2 Å². The predicted molar refractivity (Wildman–Crippen MR) is 190 cm³/mol. The lowest BCUT2D eigenvalue weighted by molar-refractivity contribution is 0.0400. The summed E-state index contributed by atoms with van der Waals surface area (Å²) in [4.78, 5) is 32.4. The summed E-state index contributed by atoms with van der Waals surface area (Å²) in [6, 6.07) is 5.67. The second kappa shape index (κ2) is 12.1. The Morgan fingerprint density at radius 1 is 1.17 bits per heavy atom. The summed E-state index contributed by atoms with van der Waals surface area (Å²) in [7, 11) is 0. The first-order valence-corrected chi connectivity index (χ1v) is 18.3. The number of nitrogens with zero attached hydrogens (tertiary/aromatic N) is 9. The minimum Gasteiger partial charge on any atom is -0.461 e. The zero-order chi connectivity index (χ0) is 36.1. The number of hydrogen-bond donors (Lipinski definition) is 1. The van der Waals surface area contributed by atoms with E-state index in [2.05, 4.69) is 20.0 Å². The van der Waals surface area contributed by atoms with Gasteiger partial charge in [0, 0.05) is 48.9 Å². The fraction of sp³-hybridized carbons (Fsp3) is 0.412. The molecule has 1 amide bonds. The summed E-state index contributed by atoms with van der Waals surface area (Å²) in [5.41, 5.74) is 5.04. The van der Waals surface area contributed by atoms with Crippen LogP contribution in [0, 0.1) is 23.0 Å². The Balaban J connectivity index is 1.15. The molecular formula is C34H29Cl2F3N10O2S. The van der Waals surface area contributed by atoms with Gasteiger partial charge in [-0.05, 0) is 61.5 Å². The lowest BCUT2D eigenvalue weighted by Gasteiger charge is -2.50. The maximum atomic E-state index is 17.1. The first-order valence-electron chi connectivity index (χ1n) is 16.8. The second-order valence-electron chi connectivity index (χ2n) is 13.9.